The van der Waals surface area contributed by atoms with Gasteiger partial charge >= 0.3 is 0 Å². The number of nitriles is 1. The number of hydrogen-bond acceptors (Lipinski definition) is 8. The Labute approximate surface area is 257 Å². The summed E-state index contributed by atoms with van der Waals surface area (Å²) in [5.41, 5.74) is 2.17. The smallest absolute Gasteiger partial charge is 0.237 e. The summed E-state index contributed by atoms with van der Waals surface area (Å²) in [6.45, 7) is 6.14. The lowest BCUT2D eigenvalue weighted by atomic mass is 9.90. The number of alkyl halides is 1. The van der Waals surface area contributed by atoms with Crippen LogP contribution in [0.3, 0.4) is 0 Å². The number of carbonyl (C=O) groups is 1. The fourth-order valence-electron chi connectivity index (χ4n) is 5.55. The number of ether oxygens (including phenoxy) is 2. The van der Waals surface area contributed by atoms with Crippen molar-refractivity contribution in [1.29, 1.82) is 5.26 Å². The number of likely N-dealkylation sites (tertiary alicyclic amines) is 1. The molecule has 1 amide bonds. The van der Waals surface area contributed by atoms with Crippen LogP contribution in [0.15, 0.2) is 42.5 Å². The molecular formula is C32H41ClFN3O6. The van der Waals surface area contributed by atoms with E-state index in [-0.39, 0.29) is 31.0 Å². The Morgan fingerprint density at radius 2 is 1.91 bits per heavy atom. The molecule has 0 saturated carbocycles. The Bertz CT molecular complexity index is 1290. The van der Waals surface area contributed by atoms with Crippen LogP contribution in [-0.4, -0.2) is 88.0 Å². The Balaban J connectivity index is 1.24. The summed E-state index contributed by atoms with van der Waals surface area (Å²) in [6.07, 6.45) is -4.21. The monoisotopic (exact) mass is 617 g/mol. The quantitative estimate of drug-likeness (QED) is 0.282. The van der Waals surface area contributed by atoms with E-state index in [4.69, 9.17) is 26.3 Å². The minimum atomic E-state index is -1.31. The van der Waals surface area contributed by atoms with Crippen LogP contribution in [-0.2, 0) is 16.0 Å². The highest BCUT2D eigenvalue weighted by molar-refractivity contribution is 6.31. The fraction of sp³-hybridized carbons (Fsp3) is 0.562. The van der Waals surface area contributed by atoms with Gasteiger partial charge in [0, 0.05) is 17.0 Å². The van der Waals surface area contributed by atoms with Gasteiger partial charge in [-0.25, -0.2) is 4.39 Å². The maximum atomic E-state index is 13.6. The van der Waals surface area contributed by atoms with E-state index in [1.807, 2.05) is 50.2 Å². The predicted octanol–water partition coefficient (Wildman–Crippen LogP) is 3.46. The first-order valence-electron chi connectivity index (χ1n) is 14.7. The van der Waals surface area contributed by atoms with Crippen molar-refractivity contribution in [3.63, 3.8) is 0 Å². The Hall–Kier alpha value is -2.78. The van der Waals surface area contributed by atoms with Crippen LogP contribution in [0.2, 0.25) is 5.02 Å². The zero-order valence-corrected chi connectivity index (χ0v) is 25.5. The van der Waals surface area contributed by atoms with E-state index < -0.39 is 42.7 Å². The van der Waals surface area contributed by atoms with Crippen molar-refractivity contribution in [2.45, 2.75) is 94.7 Å². The minimum Gasteiger partial charge on any atom is -0.494 e. The second kappa shape index (κ2) is 14.3. The third kappa shape index (κ3) is 8.44. The van der Waals surface area contributed by atoms with Crippen LogP contribution in [0.5, 0.6) is 5.75 Å². The third-order valence-electron chi connectivity index (χ3n) is 8.22. The van der Waals surface area contributed by atoms with Crippen LogP contribution in [0, 0.1) is 11.3 Å². The average molecular weight is 618 g/mol. The van der Waals surface area contributed by atoms with E-state index in [0.29, 0.717) is 23.6 Å². The van der Waals surface area contributed by atoms with Crippen molar-refractivity contribution in [2.75, 3.05) is 19.7 Å². The topological polar surface area (TPSA) is 135 Å². The van der Waals surface area contributed by atoms with Gasteiger partial charge in [-0.15, -0.1) is 0 Å². The van der Waals surface area contributed by atoms with E-state index in [0.717, 1.165) is 29.7 Å². The number of carbonyl (C=O) groups excluding carboxylic acids is 1. The summed E-state index contributed by atoms with van der Waals surface area (Å²) in [5, 5.41) is 43.6. The molecule has 2 aromatic carbocycles. The first-order chi connectivity index (χ1) is 20.4. The first kappa shape index (κ1) is 33.1. The van der Waals surface area contributed by atoms with Gasteiger partial charge in [0.05, 0.1) is 31.9 Å². The summed E-state index contributed by atoms with van der Waals surface area (Å²) in [5.74, 6) is 0.458. The highest BCUT2D eigenvalue weighted by Gasteiger charge is 2.42. The molecule has 2 fully saturated rings. The average Bonchev–Trinajstić information content (AvgIpc) is 3.37. The molecule has 4 rings (SSSR count). The fourth-order valence-corrected chi connectivity index (χ4v) is 5.73. The van der Waals surface area contributed by atoms with Gasteiger partial charge in [0.15, 0.2) is 0 Å². The molecule has 43 heavy (non-hydrogen) atoms. The second-order valence-electron chi connectivity index (χ2n) is 12.1. The Morgan fingerprint density at radius 3 is 2.60 bits per heavy atom. The van der Waals surface area contributed by atoms with Crippen LogP contribution in [0.1, 0.15) is 62.8 Å². The normalized spacial score (nSPS) is 27.6. The molecule has 2 saturated heterocycles. The molecule has 2 aliphatic rings. The molecular weight excluding hydrogens is 577 g/mol. The molecule has 4 N–H and O–H groups in total. The second-order valence-corrected chi connectivity index (χ2v) is 12.5. The summed E-state index contributed by atoms with van der Waals surface area (Å²) < 4.78 is 25.3. The van der Waals surface area contributed by atoms with Gasteiger partial charge in [-0.3, -0.25) is 4.79 Å². The van der Waals surface area contributed by atoms with E-state index in [1.165, 1.54) is 4.90 Å². The molecule has 0 bridgehead atoms. The third-order valence-corrected chi connectivity index (χ3v) is 8.59. The van der Waals surface area contributed by atoms with E-state index >= 15 is 0 Å². The number of rotatable bonds is 11. The van der Waals surface area contributed by atoms with Crippen LogP contribution in [0.25, 0.3) is 0 Å². The number of nitrogens with one attached hydrogen (secondary N) is 1. The van der Waals surface area contributed by atoms with Gasteiger partial charge in [0.2, 0.25) is 5.91 Å². The molecule has 0 aliphatic carbocycles. The van der Waals surface area contributed by atoms with Crippen molar-refractivity contribution < 1.29 is 34.0 Å². The lowest BCUT2D eigenvalue weighted by molar-refractivity contribution is -0.219. The lowest BCUT2D eigenvalue weighted by Gasteiger charge is -2.39. The number of aliphatic hydroxyl groups is 3. The SMILES string of the molecule is C[C@H]1O[C@@H](c2ccc(Cl)c(Cc3ccc(OCCCC(C)(C)NCC(=O)N4C[C@@H](F)C[C@H]4C#N)cc3)c2)[C@H](O)[C@@H](O)[C@@H]1O. The molecule has 0 unspecified atom stereocenters. The zero-order valence-electron chi connectivity index (χ0n) is 24.7. The van der Waals surface area contributed by atoms with Gasteiger partial charge in [-0.05, 0) is 74.9 Å². The summed E-state index contributed by atoms with van der Waals surface area (Å²) in [6, 6.07) is 14.3. The van der Waals surface area contributed by atoms with Crippen LogP contribution < -0.4 is 10.1 Å². The maximum Gasteiger partial charge on any atom is 0.237 e. The van der Waals surface area contributed by atoms with Gasteiger partial charge in [0.25, 0.3) is 0 Å². The number of aliphatic hydroxyl groups excluding tert-OH is 3. The van der Waals surface area contributed by atoms with E-state index in [1.54, 1.807) is 19.1 Å². The van der Waals surface area contributed by atoms with Gasteiger partial charge in [-0.2, -0.15) is 5.26 Å². The minimum absolute atomic E-state index is 0.0269. The Morgan fingerprint density at radius 1 is 1.19 bits per heavy atom. The van der Waals surface area contributed by atoms with Gasteiger partial charge < -0.3 is 35.0 Å². The Kier molecular flexibility index (Phi) is 11.0. The van der Waals surface area contributed by atoms with Crippen molar-refractivity contribution in [1.82, 2.24) is 10.2 Å². The highest BCUT2D eigenvalue weighted by Crippen LogP contribution is 2.34. The van der Waals surface area contributed by atoms with Crippen molar-refractivity contribution in [3.05, 3.63) is 64.2 Å². The standard InChI is InChI=1S/C32H41ClFN3O6/c1-19-28(39)29(40)30(41)31(43-19)21-7-10-26(33)22(14-21)13-20-5-8-25(9-6-20)42-12-4-11-32(2,3)36-17-27(38)37-18-23(34)15-24(37)16-35/h5-10,14,19,23-24,28-31,36,39-41H,4,11-13,15,17-18H2,1-3H3/t19-,23+,24+,28-,29+,30-,31+/m1/s1. The number of benzene rings is 2. The zero-order chi connectivity index (χ0) is 31.3. The van der Waals surface area contributed by atoms with Crippen molar-refractivity contribution >= 4 is 17.5 Å². The number of nitrogens with zero attached hydrogens (tertiary/aromatic N) is 2. The number of amides is 1. The van der Waals surface area contributed by atoms with E-state index in [9.17, 15) is 24.5 Å². The van der Waals surface area contributed by atoms with Gasteiger partial charge in [0.1, 0.15) is 42.4 Å². The lowest BCUT2D eigenvalue weighted by Crippen LogP contribution is -2.53. The van der Waals surface area contributed by atoms with Crippen LogP contribution >= 0.6 is 11.6 Å². The molecule has 2 aliphatic heterocycles. The molecule has 9 nitrogen and oxygen atoms in total. The molecule has 0 radical (unpaired) electrons. The predicted molar refractivity (Wildman–Crippen MR) is 159 cm³/mol. The summed E-state index contributed by atoms with van der Waals surface area (Å²) in [7, 11) is 0. The van der Waals surface area contributed by atoms with E-state index in [2.05, 4.69) is 5.32 Å². The molecule has 0 spiro atoms. The first-order valence-corrected chi connectivity index (χ1v) is 15.0. The number of hydrogen-bond donors (Lipinski definition) is 4. The van der Waals surface area contributed by atoms with Crippen molar-refractivity contribution in [3.8, 4) is 11.8 Å². The van der Waals surface area contributed by atoms with Gasteiger partial charge in [-0.1, -0.05) is 35.9 Å². The molecule has 0 aromatic heterocycles. The van der Waals surface area contributed by atoms with Crippen molar-refractivity contribution in [2.24, 2.45) is 0 Å². The summed E-state index contributed by atoms with van der Waals surface area (Å²) >= 11 is 6.47. The number of halogens is 2. The highest BCUT2D eigenvalue weighted by atomic mass is 35.5. The summed E-state index contributed by atoms with van der Waals surface area (Å²) in [4.78, 5) is 13.8. The molecule has 234 valence electrons. The molecule has 11 heteroatoms. The largest absolute Gasteiger partial charge is 0.494 e. The molecule has 7 atom stereocenters. The van der Waals surface area contributed by atoms with Crippen LogP contribution in [0.4, 0.5) is 4.39 Å². The molecule has 2 aromatic rings. The maximum absolute atomic E-state index is 13.6. The molecule has 2 heterocycles.